The molecule has 15 N–H and O–H groups in total. The summed E-state index contributed by atoms with van der Waals surface area (Å²) in [5, 5.41) is 87.0. The number of aliphatic hydroxyl groups is 4. The second-order valence-electron chi connectivity index (χ2n) is 10.9. The topological polar surface area (TPSA) is 394 Å². The monoisotopic (exact) mass is 774 g/mol. The van der Waals surface area contributed by atoms with Crippen LogP contribution in [-0.2, 0) is 43.1 Å². The fourth-order valence-electron chi connectivity index (χ4n) is 4.13. The van der Waals surface area contributed by atoms with Gasteiger partial charge in [0.25, 0.3) is 0 Å². The van der Waals surface area contributed by atoms with Crippen molar-refractivity contribution in [3.63, 3.8) is 0 Å². The molecule has 1 fully saturated rings. The summed E-state index contributed by atoms with van der Waals surface area (Å²) in [6.45, 7) is -3.10. The van der Waals surface area contributed by atoms with Gasteiger partial charge in [-0.1, -0.05) is 21.6 Å². The van der Waals surface area contributed by atoms with Crippen molar-refractivity contribution in [2.75, 3.05) is 37.7 Å². The zero-order valence-electron chi connectivity index (χ0n) is 26.8. The van der Waals surface area contributed by atoms with E-state index in [-0.39, 0.29) is 24.3 Å². The highest BCUT2D eigenvalue weighted by Gasteiger charge is 2.53. The number of hydrogen-bond donors (Lipinski definition) is 14. The highest BCUT2D eigenvalue weighted by molar-refractivity contribution is 8.76. The van der Waals surface area contributed by atoms with Crippen LogP contribution in [0.1, 0.15) is 25.7 Å². The molecule has 0 radical (unpaired) electrons. The van der Waals surface area contributed by atoms with Gasteiger partial charge in [-0.15, -0.1) is 0 Å². The van der Waals surface area contributed by atoms with Crippen LogP contribution in [0.3, 0.4) is 0 Å². The molecule has 1 unspecified atom stereocenters. The van der Waals surface area contributed by atoms with E-state index in [1.54, 1.807) is 0 Å². The Bertz CT molecular complexity index is 1260. The zero-order chi connectivity index (χ0) is 38.9. The first-order chi connectivity index (χ1) is 23.8. The van der Waals surface area contributed by atoms with E-state index < -0.39 is 135 Å². The first-order valence-electron chi connectivity index (χ1n) is 14.9. The van der Waals surface area contributed by atoms with E-state index in [0.29, 0.717) is 0 Å². The molecule has 23 nitrogen and oxygen atoms in total. The third-order valence-corrected chi connectivity index (χ3v) is 9.37. The molecule has 0 spiro atoms. The van der Waals surface area contributed by atoms with Gasteiger partial charge in [0.15, 0.2) is 0 Å². The predicted molar refractivity (Wildman–Crippen MR) is 172 cm³/mol. The number of carbonyl (C=O) groups excluding carboxylic acids is 4. The summed E-state index contributed by atoms with van der Waals surface area (Å²) >= 11 is 0. The number of ether oxygens (including phenoxy) is 1. The van der Waals surface area contributed by atoms with Crippen LogP contribution >= 0.6 is 21.6 Å². The Hall–Kier alpha value is -3.82. The third kappa shape index (κ3) is 16.4. The Kier molecular flexibility index (Phi) is 19.7. The van der Waals surface area contributed by atoms with Crippen LogP contribution < -0.4 is 32.3 Å². The number of aliphatic hydroxyl groups excluding tert-OH is 3. The molecular formula is C26H42N6O17S2. The molecule has 1 heterocycles. The summed E-state index contributed by atoms with van der Waals surface area (Å²) in [5.74, 6) is -12.1. The van der Waals surface area contributed by atoms with Crippen molar-refractivity contribution >= 4 is 69.1 Å². The van der Waals surface area contributed by atoms with Crippen molar-refractivity contribution in [3.05, 3.63) is 0 Å². The lowest BCUT2D eigenvalue weighted by molar-refractivity contribution is -0.227. The van der Waals surface area contributed by atoms with E-state index in [4.69, 9.17) is 25.8 Å². The zero-order valence-corrected chi connectivity index (χ0v) is 28.4. The Labute approximate surface area is 296 Å². The van der Waals surface area contributed by atoms with Gasteiger partial charge >= 0.3 is 23.9 Å². The van der Waals surface area contributed by atoms with Gasteiger partial charge in [-0.2, -0.15) is 0 Å². The molecule has 1 aliphatic heterocycles. The number of nitrogens with two attached hydrogens (primary N) is 1. The van der Waals surface area contributed by atoms with E-state index in [1.807, 2.05) is 0 Å². The second kappa shape index (κ2) is 22.2. The molecule has 25 heteroatoms. The summed E-state index contributed by atoms with van der Waals surface area (Å²) in [7, 11) is 1.76. The first-order valence-corrected chi connectivity index (χ1v) is 17.4. The van der Waals surface area contributed by atoms with Crippen molar-refractivity contribution in [2.45, 2.75) is 73.9 Å². The third-order valence-electron chi connectivity index (χ3n) is 6.95. The number of aliphatic carboxylic acids is 4. The highest BCUT2D eigenvalue weighted by atomic mass is 33.1. The SMILES string of the molecule is N[C@@H](CCC(=O)N[C@@H](CSSC[C@H](NC(=O)CC[C@H](NCC1(O)O[C@H](CO)[C@@H](O)[C@@H]1O)C(=O)O)C(=O)NCC(=O)O)C(=O)NCC(=O)O)C(=O)O. The van der Waals surface area contributed by atoms with Gasteiger partial charge in [-0.3, -0.25) is 43.7 Å². The maximum absolute atomic E-state index is 12.7. The number of nitrogens with one attached hydrogen (secondary N) is 5. The molecular weight excluding hydrogens is 732 g/mol. The Morgan fingerprint density at radius 1 is 0.745 bits per heavy atom. The van der Waals surface area contributed by atoms with Crippen molar-refractivity contribution < 1.29 is 83.9 Å². The van der Waals surface area contributed by atoms with Crippen molar-refractivity contribution in [1.82, 2.24) is 26.6 Å². The quantitative estimate of drug-likeness (QED) is 0.0303. The maximum atomic E-state index is 12.7. The molecule has 0 aromatic carbocycles. The van der Waals surface area contributed by atoms with Crippen molar-refractivity contribution in [1.29, 1.82) is 0 Å². The van der Waals surface area contributed by atoms with Crippen LogP contribution in [-0.4, -0.2) is 174 Å². The van der Waals surface area contributed by atoms with Gasteiger partial charge < -0.3 is 72.6 Å². The van der Waals surface area contributed by atoms with Crippen LogP contribution in [0, 0.1) is 0 Å². The molecule has 0 aromatic rings. The number of amides is 4. The van der Waals surface area contributed by atoms with E-state index in [0.717, 1.165) is 21.6 Å². The minimum Gasteiger partial charge on any atom is -0.480 e. The molecule has 8 atom stereocenters. The average Bonchev–Trinajstić information content (AvgIpc) is 3.28. The van der Waals surface area contributed by atoms with Crippen LogP contribution in [0.2, 0.25) is 0 Å². The summed E-state index contributed by atoms with van der Waals surface area (Å²) in [6.07, 6.45) is -6.55. The van der Waals surface area contributed by atoms with E-state index in [9.17, 15) is 63.9 Å². The number of carboxylic acid groups (broad SMARTS) is 4. The van der Waals surface area contributed by atoms with Crippen LogP contribution in [0.25, 0.3) is 0 Å². The maximum Gasteiger partial charge on any atom is 0.322 e. The minimum atomic E-state index is -2.47. The molecule has 1 aliphatic rings. The Morgan fingerprint density at radius 2 is 1.22 bits per heavy atom. The molecule has 0 aliphatic carbocycles. The average molecular weight is 775 g/mol. The summed E-state index contributed by atoms with van der Waals surface area (Å²) in [5.41, 5.74) is 5.37. The van der Waals surface area contributed by atoms with E-state index in [2.05, 4.69) is 26.6 Å². The molecule has 4 amide bonds. The van der Waals surface area contributed by atoms with Crippen LogP contribution in [0.15, 0.2) is 0 Å². The number of rotatable bonds is 25. The Balaban J connectivity index is 2.85. The number of hydrogen-bond acceptors (Lipinski definition) is 17. The number of carboxylic acids is 4. The summed E-state index contributed by atoms with van der Waals surface area (Å²) in [4.78, 5) is 94.8. The van der Waals surface area contributed by atoms with Gasteiger partial charge in [0.05, 0.1) is 13.2 Å². The highest BCUT2D eigenvalue weighted by Crippen LogP contribution is 2.29. The fraction of sp³-hybridized carbons (Fsp3) is 0.692. The van der Waals surface area contributed by atoms with Crippen LogP contribution in [0.4, 0.5) is 0 Å². The van der Waals surface area contributed by atoms with Crippen LogP contribution in [0.5, 0.6) is 0 Å². The molecule has 1 saturated heterocycles. The molecule has 51 heavy (non-hydrogen) atoms. The lowest BCUT2D eigenvalue weighted by Crippen LogP contribution is -2.54. The van der Waals surface area contributed by atoms with Gasteiger partial charge in [-0.25, -0.2) is 0 Å². The normalized spacial score (nSPS) is 22.1. The van der Waals surface area contributed by atoms with Gasteiger partial charge in [0.1, 0.15) is 55.6 Å². The number of carbonyl (C=O) groups is 8. The van der Waals surface area contributed by atoms with E-state index in [1.165, 1.54) is 0 Å². The van der Waals surface area contributed by atoms with Gasteiger partial charge in [0.2, 0.25) is 29.4 Å². The summed E-state index contributed by atoms with van der Waals surface area (Å²) in [6, 6.07) is -5.62. The minimum absolute atomic E-state index is 0.225. The molecule has 0 bridgehead atoms. The predicted octanol–water partition coefficient (Wildman–Crippen LogP) is -6.44. The Morgan fingerprint density at radius 3 is 1.61 bits per heavy atom. The molecule has 290 valence electrons. The molecule has 1 rings (SSSR count). The van der Waals surface area contributed by atoms with Crippen molar-refractivity contribution in [2.24, 2.45) is 5.73 Å². The lowest BCUT2D eigenvalue weighted by Gasteiger charge is -2.28. The second-order valence-corrected chi connectivity index (χ2v) is 13.5. The largest absolute Gasteiger partial charge is 0.480 e. The first kappa shape index (κ1) is 45.2. The smallest absolute Gasteiger partial charge is 0.322 e. The standard InChI is InChI=1S/C26H42N6O17S2/c27-11(24(44)45)1-3-16(34)31-13(22(42)28-5-18(36)37)8-50-51-9-14(23(43)29-6-19(38)39)32-17(35)4-2-12(25(46)47)30-10-26(48)21(41)20(40)15(7-33)49-26/h11-15,20-21,30,33,40-41,48H,1-10,27H2,(H,28,42)(H,29,43)(H,31,34)(H,32,35)(H,36,37)(H,38,39)(H,44,45)(H,46,47)/t11-,12-,13-,14-,15+,20+,21-,26?/m0/s1. The summed E-state index contributed by atoms with van der Waals surface area (Å²) < 4.78 is 5.03. The van der Waals surface area contributed by atoms with E-state index >= 15 is 0 Å². The van der Waals surface area contributed by atoms with Crippen molar-refractivity contribution in [3.8, 4) is 0 Å². The lowest BCUT2D eigenvalue weighted by atomic mass is 10.0. The molecule has 0 saturated carbocycles. The molecule has 0 aromatic heterocycles. The fourth-order valence-corrected chi connectivity index (χ4v) is 6.46. The van der Waals surface area contributed by atoms with Gasteiger partial charge in [-0.05, 0) is 12.8 Å². The van der Waals surface area contributed by atoms with Gasteiger partial charge in [0, 0.05) is 24.3 Å².